The van der Waals surface area contributed by atoms with Crippen molar-refractivity contribution in [3.05, 3.63) is 88.9 Å². The van der Waals surface area contributed by atoms with Gasteiger partial charge in [0.15, 0.2) is 0 Å². The first-order valence-electron chi connectivity index (χ1n) is 9.56. The third kappa shape index (κ3) is 6.07. The van der Waals surface area contributed by atoms with Gasteiger partial charge in [0, 0.05) is 10.7 Å². The summed E-state index contributed by atoms with van der Waals surface area (Å²) in [5.74, 6) is 0.111. The van der Waals surface area contributed by atoms with E-state index < -0.39 is 22.0 Å². The molecule has 0 radical (unpaired) electrons. The van der Waals surface area contributed by atoms with Gasteiger partial charge in [-0.15, -0.1) is 0 Å². The van der Waals surface area contributed by atoms with E-state index in [9.17, 15) is 13.2 Å². The lowest BCUT2D eigenvalue weighted by Gasteiger charge is -2.19. The monoisotopic (exact) mass is 458 g/mol. The van der Waals surface area contributed by atoms with Gasteiger partial charge in [0.05, 0.1) is 12.0 Å². The van der Waals surface area contributed by atoms with Crippen LogP contribution >= 0.6 is 11.6 Å². The Morgan fingerprint density at radius 3 is 2.32 bits per heavy atom. The van der Waals surface area contributed by atoms with E-state index in [1.807, 2.05) is 30.3 Å². The third-order valence-electron chi connectivity index (χ3n) is 4.68. The highest BCUT2D eigenvalue weighted by atomic mass is 35.5. The number of hydrogen-bond donors (Lipinski definition) is 2. The Morgan fingerprint density at radius 1 is 1.03 bits per heavy atom. The number of halogens is 1. The lowest BCUT2D eigenvalue weighted by molar-refractivity contribution is -0.117. The Bertz CT molecular complexity index is 1150. The minimum absolute atomic E-state index is 0.0585. The topological polar surface area (TPSA) is 84.5 Å². The van der Waals surface area contributed by atoms with E-state index in [0.29, 0.717) is 22.0 Å². The molecule has 6 nitrogen and oxygen atoms in total. The van der Waals surface area contributed by atoms with Gasteiger partial charge in [0.25, 0.3) is 0 Å². The normalized spacial score (nSPS) is 12.2. The molecule has 0 unspecified atom stereocenters. The highest BCUT2D eigenvalue weighted by Gasteiger charge is 2.26. The minimum Gasteiger partial charge on any atom is -0.496 e. The molecular formula is C23H23ClN2O4S. The number of carbonyl (C=O) groups excluding carboxylic acids is 1. The average Bonchev–Trinajstić information content (AvgIpc) is 2.75. The predicted molar refractivity (Wildman–Crippen MR) is 122 cm³/mol. The van der Waals surface area contributed by atoms with Crippen molar-refractivity contribution >= 4 is 33.2 Å². The number of aryl methyl sites for hydroxylation is 1. The zero-order chi connectivity index (χ0) is 22.4. The number of benzene rings is 3. The number of nitrogens with one attached hydrogen (secondary N) is 2. The first-order valence-corrected chi connectivity index (χ1v) is 11.4. The second-order valence-electron chi connectivity index (χ2n) is 6.99. The molecule has 0 aliphatic rings. The average molecular weight is 459 g/mol. The first-order chi connectivity index (χ1) is 14.8. The van der Waals surface area contributed by atoms with Crippen LogP contribution in [-0.2, 0) is 21.2 Å². The molecule has 31 heavy (non-hydrogen) atoms. The van der Waals surface area contributed by atoms with Gasteiger partial charge in [0.2, 0.25) is 15.9 Å². The van der Waals surface area contributed by atoms with Crippen LogP contribution in [0.15, 0.2) is 77.7 Å². The minimum atomic E-state index is -3.96. The van der Waals surface area contributed by atoms with Crippen LogP contribution in [0.5, 0.6) is 5.75 Å². The number of anilines is 1. The van der Waals surface area contributed by atoms with Crippen LogP contribution in [0.1, 0.15) is 11.1 Å². The third-order valence-corrected chi connectivity index (χ3v) is 6.41. The van der Waals surface area contributed by atoms with Gasteiger partial charge >= 0.3 is 0 Å². The summed E-state index contributed by atoms with van der Waals surface area (Å²) in [6.07, 6.45) is 0.189. The molecule has 0 bridgehead atoms. The molecule has 8 heteroatoms. The summed E-state index contributed by atoms with van der Waals surface area (Å²) in [5, 5.41) is 3.29. The lowest BCUT2D eigenvalue weighted by atomic mass is 10.1. The van der Waals surface area contributed by atoms with Gasteiger partial charge in [-0.1, -0.05) is 41.9 Å². The second kappa shape index (κ2) is 9.96. The molecular weight excluding hydrogens is 436 g/mol. The molecule has 0 aliphatic carbocycles. The molecule has 1 amide bonds. The number of ether oxygens (including phenoxy) is 1. The lowest BCUT2D eigenvalue weighted by Crippen LogP contribution is -2.45. The Labute approximate surface area is 187 Å². The SMILES string of the molecule is COc1ccc(S(=O)(=O)N[C@@H](Cc2ccccc2)C(=O)Nc2ccc(Cl)cc2)cc1C. The number of rotatable bonds is 8. The number of amides is 1. The zero-order valence-corrected chi connectivity index (χ0v) is 18.7. The fourth-order valence-corrected chi connectivity index (χ4v) is 4.48. The number of sulfonamides is 1. The van der Waals surface area contributed by atoms with Crippen molar-refractivity contribution in [1.82, 2.24) is 4.72 Å². The smallest absolute Gasteiger partial charge is 0.242 e. The molecule has 0 saturated carbocycles. The Hall–Kier alpha value is -2.87. The van der Waals surface area contributed by atoms with Crippen LogP contribution in [0.25, 0.3) is 0 Å². The van der Waals surface area contributed by atoms with Crippen LogP contribution < -0.4 is 14.8 Å². The summed E-state index contributed by atoms with van der Waals surface area (Å²) in [5.41, 5.74) is 2.02. The predicted octanol–water partition coefficient (Wildman–Crippen LogP) is 4.19. The summed E-state index contributed by atoms with van der Waals surface area (Å²) < 4.78 is 33.8. The highest BCUT2D eigenvalue weighted by Crippen LogP contribution is 2.22. The summed E-state index contributed by atoms with van der Waals surface area (Å²) in [4.78, 5) is 13.0. The second-order valence-corrected chi connectivity index (χ2v) is 9.14. The van der Waals surface area contributed by atoms with Crippen molar-refractivity contribution in [2.75, 3.05) is 12.4 Å². The van der Waals surface area contributed by atoms with Gasteiger partial charge in [-0.05, 0) is 66.9 Å². The Morgan fingerprint density at radius 2 is 1.71 bits per heavy atom. The van der Waals surface area contributed by atoms with Gasteiger partial charge in [-0.25, -0.2) is 8.42 Å². The molecule has 0 fully saturated rings. The van der Waals surface area contributed by atoms with Crippen LogP contribution in [0.2, 0.25) is 5.02 Å². The standard InChI is InChI=1S/C23H23ClN2O4S/c1-16-14-20(12-13-22(16)30-2)31(28,29)26-21(15-17-6-4-3-5-7-17)23(27)25-19-10-8-18(24)9-11-19/h3-14,21,26H,15H2,1-2H3,(H,25,27)/t21-/m0/s1. The molecule has 2 N–H and O–H groups in total. The van der Waals surface area contributed by atoms with Crippen LogP contribution in [0.3, 0.4) is 0 Å². The molecule has 162 valence electrons. The van der Waals surface area contributed by atoms with Gasteiger partial charge in [-0.3, -0.25) is 4.79 Å². The number of hydrogen-bond acceptors (Lipinski definition) is 4. The van der Waals surface area contributed by atoms with E-state index in [-0.39, 0.29) is 11.3 Å². The summed E-state index contributed by atoms with van der Waals surface area (Å²) in [6, 6.07) is 19.3. The van der Waals surface area contributed by atoms with Crippen molar-refractivity contribution in [3.63, 3.8) is 0 Å². The Kier molecular flexibility index (Phi) is 7.33. The molecule has 3 aromatic rings. The molecule has 1 atom stereocenters. The number of methoxy groups -OCH3 is 1. The maximum atomic E-state index is 13.0. The van der Waals surface area contributed by atoms with Crippen molar-refractivity contribution < 1.29 is 17.9 Å². The van der Waals surface area contributed by atoms with Crippen molar-refractivity contribution in [3.8, 4) is 5.75 Å². The maximum absolute atomic E-state index is 13.0. The van der Waals surface area contributed by atoms with Crippen LogP contribution in [0, 0.1) is 6.92 Å². The molecule has 0 aliphatic heterocycles. The fraction of sp³-hybridized carbons (Fsp3) is 0.174. The van der Waals surface area contributed by atoms with Crippen molar-refractivity contribution in [1.29, 1.82) is 0 Å². The van der Waals surface area contributed by atoms with E-state index in [0.717, 1.165) is 5.56 Å². The Balaban J connectivity index is 1.87. The van der Waals surface area contributed by atoms with Gasteiger partial charge < -0.3 is 10.1 Å². The molecule has 3 rings (SSSR count). The molecule has 0 saturated heterocycles. The highest BCUT2D eigenvalue weighted by molar-refractivity contribution is 7.89. The van der Waals surface area contributed by atoms with Crippen molar-refractivity contribution in [2.24, 2.45) is 0 Å². The van der Waals surface area contributed by atoms with Crippen LogP contribution in [0.4, 0.5) is 5.69 Å². The summed E-state index contributed by atoms with van der Waals surface area (Å²) in [7, 11) is -2.44. The van der Waals surface area contributed by atoms with E-state index in [1.54, 1.807) is 37.3 Å². The molecule has 0 aromatic heterocycles. The molecule has 0 heterocycles. The number of carbonyl (C=O) groups is 1. The molecule has 3 aromatic carbocycles. The maximum Gasteiger partial charge on any atom is 0.242 e. The van der Waals surface area contributed by atoms with Gasteiger partial charge in [0.1, 0.15) is 11.8 Å². The first kappa shape index (κ1) is 22.8. The summed E-state index contributed by atoms with van der Waals surface area (Å²) in [6.45, 7) is 1.76. The van der Waals surface area contributed by atoms with Crippen molar-refractivity contribution in [2.45, 2.75) is 24.3 Å². The van der Waals surface area contributed by atoms with E-state index >= 15 is 0 Å². The molecule has 0 spiro atoms. The largest absolute Gasteiger partial charge is 0.496 e. The van der Waals surface area contributed by atoms with Gasteiger partial charge in [-0.2, -0.15) is 4.72 Å². The van der Waals surface area contributed by atoms with E-state index in [1.165, 1.54) is 19.2 Å². The zero-order valence-electron chi connectivity index (χ0n) is 17.1. The van der Waals surface area contributed by atoms with E-state index in [4.69, 9.17) is 16.3 Å². The summed E-state index contributed by atoms with van der Waals surface area (Å²) >= 11 is 5.89. The fourth-order valence-electron chi connectivity index (χ4n) is 3.07. The van der Waals surface area contributed by atoms with E-state index in [2.05, 4.69) is 10.0 Å². The van der Waals surface area contributed by atoms with Crippen LogP contribution in [-0.4, -0.2) is 27.5 Å². The quantitative estimate of drug-likeness (QED) is 0.530.